The zero-order valence-corrected chi connectivity index (χ0v) is 19.5. The van der Waals surface area contributed by atoms with Crippen LogP contribution >= 0.6 is 11.6 Å². The number of fused-ring (bicyclic) bond motifs is 1. The lowest BCUT2D eigenvalue weighted by Gasteiger charge is -2.15. The third-order valence-corrected chi connectivity index (χ3v) is 6.80. The van der Waals surface area contributed by atoms with Crippen LogP contribution in [0, 0.1) is 0 Å². The highest BCUT2D eigenvalue weighted by molar-refractivity contribution is 7.90. The summed E-state index contributed by atoms with van der Waals surface area (Å²) in [5.74, 6) is 0.556. The molecule has 0 fully saturated rings. The first-order chi connectivity index (χ1) is 15.3. The van der Waals surface area contributed by atoms with Crippen LogP contribution in [0.25, 0.3) is 28.3 Å². The van der Waals surface area contributed by atoms with Crippen molar-refractivity contribution < 1.29 is 8.42 Å². The molecule has 2 aromatic carbocycles. The predicted octanol–water partition coefficient (Wildman–Crippen LogP) is 5.08. The highest BCUT2D eigenvalue weighted by Gasteiger charge is 2.16. The van der Waals surface area contributed by atoms with Gasteiger partial charge in [0.05, 0.1) is 16.3 Å². The first-order valence-electron chi connectivity index (χ1n) is 10.5. The molecule has 0 aliphatic carbocycles. The minimum Gasteiger partial charge on any atom is -0.311 e. The molecule has 0 bridgehead atoms. The molecule has 0 aliphatic heterocycles. The number of sulfone groups is 1. The SMILES string of the molecule is CCCCCn1c(-c2ccc(S(C)(=O)=O)cc2)cc(=O)n2cc(-c3ccc(Cl)cc3)nc12. The molecule has 32 heavy (non-hydrogen) atoms. The van der Waals surface area contributed by atoms with Crippen molar-refractivity contribution in [2.75, 3.05) is 6.26 Å². The topological polar surface area (TPSA) is 73.4 Å². The largest absolute Gasteiger partial charge is 0.311 e. The number of hydrogen-bond donors (Lipinski definition) is 0. The van der Waals surface area contributed by atoms with Crippen LogP contribution in [0.4, 0.5) is 0 Å². The van der Waals surface area contributed by atoms with Gasteiger partial charge in [-0.05, 0) is 36.2 Å². The Hall–Kier alpha value is -2.90. The van der Waals surface area contributed by atoms with Crippen LogP contribution in [0.2, 0.25) is 5.02 Å². The van der Waals surface area contributed by atoms with E-state index in [0.717, 1.165) is 30.4 Å². The van der Waals surface area contributed by atoms with Crippen LogP contribution in [-0.2, 0) is 16.4 Å². The smallest absolute Gasteiger partial charge is 0.259 e. The standard InChI is InChI=1S/C24H24ClN3O3S/c1-3-4-5-14-27-22(18-8-12-20(13-9-18)32(2,30)31)15-23(29)28-16-21(26-24(27)28)17-6-10-19(25)11-7-17/h6-13,15-16H,3-5,14H2,1-2H3. The summed E-state index contributed by atoms with van der Waals surface area (Å²) in [6.45, 7) is 2.83. The average Bonchev–Trinajstić information content (AvgIpc) is 3.21. The second-order valence-electron chi connectivity index (χ2n) is 7.83. The van der Waals surface area contributed by atoms with Crippen molar-refractivity contribution in [3.05, 3.63) is 76.2 Å². The summed E-state index contributed by atoms with van der Waals surface area (Å²) in [5, 5.41) is 0.636. The molecule has 0 saturated carbocycles. The number of benzene rings is 2. The number of aryl methyl sites for hydroxylation is 1. The van der Waals surface area contributed by atoms with Gasteiger partial charge in [-0.1, -0.05) is 55.6 Å². The van der Waals surface area contributed by atoms with E-state index < -0.39 is 9.84 Å². The lowest BCUT2D eigenvalue weighted by Crippen LogP contribution is -2.18. The van der Waals surface area contributed by atoms with Crippen LogP contribution in [0.5, 0.6) is 0 Å². The van der Waals surface area contributed by atoms with Gasteiger partial charge in [0.1, 0.15) is 0 Å². The zero-order chi connectivity index (χ0) is 22.9. The van der Waals surface area contributed by atoms with E-state index in [-0.39, 0.29) is 10.5 Å². The Morgan fingerprint density at radius 1 is 0.969 bits per heavy atom. The van der Waals surface area contributed by atoms with Gasteiger partial charge in [-0.2, -0.15) is 0 Å². The highest BCUT2D eigenvalue weighted by atomic mass is 35.5. The number of unbranched alkanes of at least 4 members (excludes halogenated alkanes) is 2. The molecule has 0 unspecified atom stereocenters. The molecule has 0 N–H and O–H groups in total. The highest BCUT2D eigenvalue weighted by Crippen LogP contribution is 2.25. The van der Waals surface area contributed by atoms with Gasteiger partial charge in [0.2, 0.25) is 5.78 Å². The van der Waals surface area contributed by atoms with Gasteiger partial charge >= 0.3 is 0 Å². The molecule has 0 aliphatic rings. The average molecular weight is 470 g/mol. The van der Waals surface area contributed by atoms with E-state index in [1.54, 1.807) is 53.1 Å². The zero-order valence-electron chi connectivity index (χ0n) is 18.0. The van der Waals surface area contributed by atoms with Crippen molar-refractivity contribution in [1.29, 1.82) is 0 Å². The van der Waals surface area contributed by atoms with Crippen molar-refractivity contribution in [3.8, 4) is 22.5 Å². The summed E-state index contributed by atoms with van der Waals surface area (Å²) < 4.78 is 27.3. The van der Waals surface area contributed by atoms with E-state index in [4.69, 9.17) is 16.6 Å². The Bertz CT molecular complexity index is 1420. The van der Waals surface area contributed by atoms with Gasteiger partial charge in [-0.3, -0.25) is 9.20 Å². The van der Waals surface area contributed by atoms with Gasteiger partial charge in [-0.15, -0.1) is 0 Å². The fourth-order valence-corrected chi connectivity index (χ4v) is 4.46. The first kappa shape index (κ1) is 22.3. The van der Waals surface area contributed by atoms with Crippen LogP contribution in [-0.4, -0.2) is 28.6 Å². The minimum atomic E-state index is -3.30. The monoisotopic (exact) mass is 469 g/mol. The fraction of sp³-hybridized carbons (Fsp3) is 0.250. The van der Waals surface area contributed by atoms with Gasteiger partial charge in [0.15, 0.2) is 9.84 Å². The molecule has 0 radical (unpaired) electrons. The van der Waals surface area contributed by atoms with Crippen LogP contribution < -0.4 is 5.56 Å². The van der Waals surface area contributed by atoms with E-state index in [9.17, 15) is 13.2 Å². The summed E-state index contributed by atoms with van der Waals surface area (Å²) in [7, 11) is -3.30. The number of halogens is 1. The molecule has 2 heterocycles. The quantitative estimate of drug-likeness (QED) is 0.354. The lowest BCUT2D eigenvalue weighted by atomic mass is 10.1. The Morgan fingerprint density at radius 3 is 2.25 bits per heavy atom. The molecule has 6 nitrogen and oxygen atoms in total. The third kappa shape index (κ3) is 4.49. The van der Waals surface area contributed by atoms with Crippen molar-refractivity contribution in [2.45, 2.75) is 37.6 Å². The van der Waals surface area contributed by atoms with Crippen molar-refractivity contribution in [3.63, 3.8) is 0 Å². The fourth-order valence-electron chi connectivity index (χ4n) is 3.71. The van der Waals surface area contributed by atoms with E-state index in [1.807, 2.05) is 16.7 Å². The molecule has 2 aromatic heterocycles. The maximum atomic E-state index is 13.0. The van der Waals surface area contributed by atoms with Gasteiger partial charge < -0.3 is 4.57 Å². The predicted molar refractivity (Wildman–Crippen MR) is 128 cm³/mol. The Labute approximate surface area is 192 Å². The Kier molecular flexibility index (Phi) is 6.22. The summed E-state index contributed by atoms with van der Waals surface area (Å²) in [5.41, 5.74) is 2.85. The van der Waals surface area contributed by atoms with Gasteiger partial charge in [0, 0.05) is 35.6 Å². The number of hydrogen-bond acceptors (Lipinski definition) is 4. The molecule has 4 aromatic rings. The number of rotatable bonds is 7. The van der Waals surface area contributed by atoms with Crippen molar-refractivity contribution in [1.82, 2.24) is 14.0 Å². The third-order valence-electron chi connectivity index (χ3n) is 5.42. The second-order valence-corrected chi connectivity index (χ2v) is 10.3. The maximum absolute atomic E-state index is 13.0. The molecule has 0 amide bonds. The number of nitrogens with zero attached hydrogens (tertiary/aromatic N) is 3. The molecular formula is C24H24ClN3O3S. The van der Waals surface area contributed by atoms with Gasteiger partial charge in [0.25, 0.3) is 5.56 Å². The van der Waals surface area contributed by atoms with Crippen LogP contribution in [0.3, 0.4) is 0 Å². The number of aromatic nitrogens is 3. The lowest BCUT2D eigenvalue weighted by molar-refractivity contribution is 0.601. The van der Waals surface area contributed by atoms with E-state index in [0.29, 0.717) is 28.7 Å². The molecule has 0 atom stereocenters. The molecule has 4 rings (SSSR count). The summed E-state index contributed by atoms with van der Waals surface area (Å²) in [6, 6.07) is 15.5. The maximum Gasteiger partial charge on any atom is 0.259 e. The summed E-state index contributed by atoms with van der Waals surface area (Å²) >= 11 is 6.01. The number of imidazole rings is 1. The molecular weight excluding hydrogens is 446 g/mol. The first-order valence-corrected chi connectivity index (χ1v) is 12.7. The second kappa shape index (κ2) is 8.92. The van der Waals surface area contributed by atoms with Crippen LogP contribution in [0.1, 0.15) is 26.2 Å². The normalized spacial score (nSPS) is 11.8. The molecule has 0 spiro atoms. The summed E-state index contributed by atoms with van der Waals surface area (Å²) in [4.78, 5) is 18.0. The van der Waals surface area contributed by atoms with E-state index in [1.165, 1.54) is 6.26 Å². The Morgan fingerprint density at radius 2 is 1.62 bits per heavy atom. The Balaban J connectivity index is 1.89. The molecule has 166 valence electrons. The van der Waals surface area contributed by atoms with Crippen molar-refractivity contribution in [2.24, 2.45) is 0 Å². The van der Waals surface area contributed by atoms with Crippen molar-refractivity contribution >= 4 is 27.2 Å². The summed E-state index contributed by atoms with van der Waals surface area (Å²) in [6.07, 6.45) is 5.98. The van der Waals surface area contributed by atoms with Crippen LogP contribution in [0.15, 0.2) is 70.5 Å². The van der Waals surface area contributed by atoms with E-state index >= 15 is 0 Å². The molecule has 0 saturated heterocycles. The van der Waals surface area contributed by atoms with Gasteiger partial charge in [-0.25, -0.2) is 13.4 Å². The molecule has 8 heteroatoms. The van der Waals surface area contributed by atoms with E-state index in [2.05, 4.69) is 6.92 Å². The minimum absolute atomic E-state index is 0.193.